The predicted molar refractivity (Wildman–Crippen MR) is 104 cm³/mol. The van der Waals surface area contributed by atoms with Crippen molar-refractivity contribution in [3.63, 3.8) is 0 Å². The van der Waals surface area contributed by atoms with Gasteiger partial charge >= 0.3 is 0 Å². The minimum Gasteiger partial charge on any atom is -0.352 e. The number of aryl methyl sites for hydroxylation is 1. The lowest BCUT2D eigenvalue weighted by Crippen LogP contribution is -2.27. The molecule has 1 aromatic rings. The predicted octanol–water partition coefficient (Wildman–Crippen LogP) is 3.13. The summed E-state index contributed by atoms with van der Waals surface area (Å²) in [6.45, 7) is 8.78. The van der Waals surface area contributed by atoms with Crippen LogP contribution in [-0.4, -0.2) is 31.4 Å². The molecule has 1 aliphatic rings. The van der Waals surface area contributed by atoms with Crippen molar-refractivity contribution in [3.8, 4) is 0 Å². The van der Waals surface area contributed by atoms with E-state index in [1.165, 1.54) is 0 Å². The molecule has 6 heteroatoms. The van der Waals surface area contributed by atoms with Gasteiger partial charge in [0.25, 0.3) is 5.91 Å². The van der Waals surface area contributed by atoms with Gasteiger partial charge in [-0.25, -0.2) is 0 Å². The summed E-state index contributed by atoms with van der Waals surface area (Å²) in [5, 5.41) is 9.18. The number of anilines is 1. The molecule has 0 spiro atoms. The molecule has 0 bridgehead atoms. The van der Waals surface area contributed by atoms with Crippen LogP contribution in [0.2, 0.25) is 0 Å². The zero-order chi connectivity index (χ0) is 17.5. The van der Waals surface area contributed by atoms with Crippen LogP contribution in [0.4, 0.5) is 5.69 Å². The largest absolute Gasteiger partial charge is 0.352 e. The number of hydrogen-bond donors (Lipinski definition) is 3. The van der Waals surface area contributed by atoms with Crippen LogP contribution in [0.3, 0.4) is 0 Å². The first-order valence-corrected chi connectivity index (χ1v) is 8.85. The summed E-state index contributed by atoms with van der Waals surface area (Å²) in [5.74, 6) is 1.01. The molecule has 1 unspecified atom stereocenters. The molecule has 0 aliphatic carbocycles. The first-order chi connectivity index (χ1) is 11.5. The van der Waals surface area contributed by atoms with Crippen molar-refractivity contribution in [1.82, 2.24) is 10.6 Å². The van der Waals surface area contributed by atoms with Crippen LogP contribution in [0.25, 0.3) is 0 Å². The second-order valence-corrected chi connectivity index (χ2v) is 7.08. The number of amides is 2. The molecule has 1 atom stereocenters. The molecule has 1 fully saturated rings. The topological polar surface area (TPSA) is 70.2 Å². The minimum atomic E-state index is -0.0709. The molecule has 25 heavy (non-hydrogen) atoms. The van der Waals surface area contributed by atoms with Crippen LogP contribution in [-0.2, 0) is 4.79 Å². The second-order valence-electron chi connectivity index (χ2n) is 7.08. The van der Waals surface area contributed by atoms with Crippen LogP contribution in [0.15, 0.2) is 18.2 Å². The lowest BCUT2D eigenvalue weighted by molar-refractivity contribution is -0.116. The lowest BCUT2D eigenvalue weighted by Gasteiger charge is -2.12. The zero-order valence-corrected chi connectivity index (χ0v) is 16.2. The van der Waals surface area contributed by atoms with Crippen molar-refractivity contribution in [2.24, 2.45) is 11.8 Å². The van der Waals surface area contributed by atoms with Gasteiger partial charge in [0.2, 0.25) is 5.91 Å². The highest BCUT2D eigenvalue weighted by molar-refractivity contribution is 5.96. The van der Waals surface area contributed by atoms with Crippen LogP contribution < -0.4 is 16.0 Å². The number of carbonyl (C=O) groups excluding carboxylic acids is 2. The van der Waals surface area contributed by atoms with Crippen LogP contribution in [0.5, 0.6) is 0 Å². The van der Waals surface area contributed by atoms with Crippen molar-refractivity contribution >= 4 is 29.9 Å². The highest BCUT2D eigenvalue weighted by atomic mass is 35.5. The third kappa shape index (κ3) is 7.04. The Hall–Kier alpha value is -1.59. The molecule has 140 valence electrons. The Balaban J connectivity index is 0.00000312. The lowest BCUT2D eigenvalue weighted by atomic mass is 10.0. The normalized spacial score (nSPS) is 16.4. The average Bonchev–Trinajstić information content (AvgIpc) is 3.06. The maximum atomic E-state index is 12.1. The highest BCUT2D eigenvalue weighted by Gasteiger charge is 2.16. The Morgan fingerprint density at radius 2 is 2.08 bits per heavy atom. The third-order valence-electron chi connectivity index (χ3n) is 4.38. The number of benzene rings is 1. The fourth-order valence-electron chi connectivity index (χ4n) is 2.85. The average molecular weight is 368 g/mol. The first kappa shape index (κ1) is 21.5. The van der Waals surface area contributed by atoms with E-state index in [2.05, 4.69) is 29.8 Å². The summed E-state index contributed by atoms with van der Waals surface area (Å²) >= 11 is 0. The van der Waals surface area contributed by atoms with Gasteiger partial charge < -0.3 is 16.0 Å². The van der Waals surface area contributed by atoms with Gasteiger partial charge in [-0.15, -0.1) is 12.4 Å². The number of rotatable bonds is 7. The molecule has 0 saturated carbocycles. The van der Waals surface area contributed by atoms with E-state index >= 15 is 0 Å². The molecule has 1 saturated heterocycles. The van der Waals surface area contributed by atoms with E-state index in [1.54, 1.807) is 6.07 Å². The molecule has 0 aromatic heterocycles. The summed E-state index contributed by atoms with van der Waals surface area (Å²) in [4.78, 5) is 24.2. The van der Waals surface area contributed by atoms with Gasteiger partial charge in [0.15, 0.2) is 0 Å². The number of halogens is 1. The van der Waals surface area contributed by atoms with E-state index in [0.717, 1.165) is 37.2 Å². The summed E-state index contributed by atoms with van der Waals surface area (Å²) in [6.07, 6.45) is 2.63. The van der Waals surface area contributed by atoms with E-state index < -0.39 is 0 Å². The molecule has 3 N–H and O–H groups in total. The van der Waals surface area contributed by atoms with Crippen LogP contribution >= 0.6 is 12.4 Å². The smallest absolute Gasteiger partial charge is 0.251 e. The monoisotopic (exact) mass is 367 g/mol. The number of nitrogens with one attached hydrogen (secondary N) is 3. The van der Waals surface area contributed by atoms with E-state index in [4.69, 9.17) is 0 Å². The summed E-state index contributed by atoms with van der Waals surface area (Å²) in [7, 11) is 0. The molecule has 2 rings (SSSR count). The van der Waals surface area contributed by atoms with Gasteiger partial charge in [-0.1, -0.05) is 13.8 Å². The van der Waals surface area contributed by atoms with Crippen molar-refractivity contribution in [2.75, 3.05) is 25.0 Å². The Kier molecular flexibility index (Phi) is 8.93. The molecule has 0 radical (unpaired) electrons. The van der Waals surface area contributed by atoms with Crippen molar-refractivity contribution in [2.45, 2.75) is 40.0 Å². The van der Waals surface area contributed by atoms with E-state index in [-0.39, 0.29) is 24.2 Å². The summed E-state index contributed by atoms with van der Waals surface area (Å²) in [5.41, 5.74) is 2.32. The first-order valence-electron chi connectivity index (χ1n) is 8.85. The SMILES string of the molecule is Cc1cc(C(=O)NCC(C)C)ccc1NC(=O)CCC1CCNC1.Cl. The van der Waals surface area contributed by atoms with Gasteiger partial charge in [-0.05, 0) is 68.5 Å². The van der Waals surface area contributed by atoms with Crippen LogP contribution in [0, 0.1) is 18.8 Å². The Labute approximate surface area is 156 Å². The van der Waals surface area contributed by atoms with E-state index in [1.807, 2.05) is 19.1 Å². The van der Waals surface area contributed by atoms with E-state index in [0.29, 0.717) is 30.4 Å². The molecular weight excluding hydrogens is 338 g/mol. The number of carbonyl (C=O) groups is 2. The van der Waals surface area contributed by atoms with Gasteiger partial charge in [0, 0.05) is 24.2 Å². The molecule has 1 heterocycles. The molecular formula is C19H30ClN3O2. The third-order valence-corrected chi connectivity index (χ3v) is 4.38. The number of hydrogen-bond acceptors (Lipinski definition) is 3. The van der Waals surface area contributed by atoms with Gasteiger partial charge in [-0.3, -0.25) is 9.59 Å². The highest BCUT2D eigenvalue weighted by Crippen LogP contribution is 2.19. The Bertz CT molecular complexity index is 584. The minimum absolute atomic E-state index is 0. The molecule has 1 aliphatic heterocycles. The zero-order valence-electron chi connectivity index (χ0n) is 15.4. The molecule has 1 aromatic carbocycles. The fraction of sp³-hybridized carbons (Fsp3) is 0.579. The van der Waals surface area contributed by atoms with Gasteiger partial charge in [0.05, 0.1) is 0 Å². The van der Waals surface area contributed by atoms with Crippen LogP contribution in [0.1, 0.15) is 49.0 Å². The van der Waals surface area contributed by atoms with Crippen molar-refractivity contribution in [3.05, 3.63) is 29.3 Å². The summed E-state index contributed by atoms with van der Waals surface area (Å²) in [6, 6.07) is 5.40. The van der Waals surface area contributed by atoms with Crippen molar-refractivity contribution in [1.29, 1.82) is 0 Å². The Morgan fingerprint density at radius 1 is 1.32 bits per heavy atom. The maximum absolute atomic E-state index is 12.1. The second kappa shape index (κ2) is 10.4. The van der Waals surface area contributed by atoms with Gasteiger partial charge in [-0.2, -0.15) is 0 Å². The quantitative estimate of drug-likeness (QED) is 0.693. The maximum Gasteiger partial charge on any atom is 0.251 e. The molecule has 2 amide bonds. The van der Waals surface area contributed by atoms with Crippen molar-refractivity contribution < 1.29 is 9.59 Å². The summed E-state index contributed by atoms with van der Waals surface area (Å²) < 4.78 is 0. The standard InChI is InChI=1S/C19H29N3O2.ClH/c1-13(2)11-21-19(24)16-5-6-17(14(3)10-16)22-18(23)7-4-15-8-9-20-12-15;/h5-6,10,13,15,20H,4,7-9,11-12H2,1-3H3,(H,21,24)(H,22,23);1H. The van der Waals surface area contributed by atoms with Gasteiger partial charge in [0.1, 0.15) is 0 Å². The fourth-order valence-corrected chi connectivity index (χ4v) is 2.85. The Morgan fingerprint density at radius 3 is 2.68 bits per heavy atom. The molecule has 5 nitrogen and oxygen atoms in total. The van der Waals surface area contributed by atoms with E-state index in [9.17, 15) is 9.59 Å².